The summed E-state index contributed by atoms with van der Waals surface area (Å²) in [6, 6.07) is 7.30. The van der Waals surface area contributed by atoms with E-state index in [0.29, 0.717) is 25.0 Å². The van der Waals surface area contributed by atoms with E-state index in [1.807, 2.05) is 18.2 Å². The molecule has 0 radical (unpaired) electrons. The van der Waals surface area contributed by atoms with Gasteiger partial charge in [0.25, 0.3) is 0 Å². The summed E-state index contributed by atoms with van der Waals surface area (Å²) >= 11 is 0. The number of hydrogen-bond donors (Lipinski definition) is 0. The molecule has 0 N–H and O–H groups in total. The number of para-hydroxylation sites is 2. The van der Waals surface area contributed by atoms with E-state index in [-0.39, 0.29) is 4.92 Å². The Morgan fingerprint density at radius 2 is 2.16 bits per heavy atom. The molecule has 6 heteroatoms. The average molecular weight is 264 g/mol. The van der Waals surface area contributed by atoms with Crippen molar-refractivity contribution < 1.29 is 14.5 Å². The third-order valence-corrected chi connectivity index (χ3v) is 3.30. The summed E-state index contributed by atoms with van der Waals surface area (Å²) in [5.41, 5.74) is -0.218. The van der Waals surface area contributed by atoms with Gasteiger partial charge in [-0.1, -0.05) is 12.1 Å². The maximum atomic E-state index is 11.0. The Morgan fingerprint density at radius 3 is 2.79 bits per heavy atom. The first-order valence-corrected chi connectivity index (χ1v) is 6.08. The van der Waals surface area contributed by atoms with Gasteiger partial charge in [0, 0.05) is 31.7 Å². The second-order valence-electron chi connectivity index (χ2n) is 5.13. The van der Waals surface area contributed by atoms with E-state index in [4.69, 9.17) is 4.74 Å². The van der Waals surface area contributed by atoms with Crippen LogP contribution in [0.4, 0.5) is 5.69 Å². The molecule has 0 aromatic heterocycles. The molecule has 2 rings (SSSR count). The van der Waals surface area contributed by atoms with Gasteiger partial charge in [-0.3, -0.25) is 14.9 Å². The third-order valence-electron chi connectivity index (χ3n) is 3.30. The summed E-state index contributed by atoms with van der Waals surface area (Å²) in [5, 5.41) is 10.9. The van der Waals surface area contributed by atoms with Gasteiger partial charge in [-0.05, 0) is 12.1 Å². The van der Waals surface area contributed by atoms with Crippen LogP contribution in [0.15, 0.2) is 24.3 Å². The molecule has 1 aliphatic heterocycles. The molecule has 1 aromatic rings. The average Bonchev–Trinajstić information content (AvgIpc) is 2.74. The van der Waals surface area contributed by atoms with Crippen LogP contribution >= 0.6 is 0 Å². The molecule has 1 unspecified atom stereocenters. The summed E-state index contributed by atoms with van der Waals surface area (Å²) in [6.45, 7) is 3.55. The van der Waals surface area contributed by atoms with E-state index in [0.717, 1.165) is 5.69 Å². The SMILES string of the molecule is CC(C)(CCN1c2ccccc2OC1C=O)[N+](=O)[O-]. The van der Waals surface area contributed by atoms with E-state index in [2.05, 4.69) is 0 Å². The van der Waals surface area contributed by atoms with Crippen molar-refractivity contribution in [3.05, 3.63) is 34.4 Å². The van der Waals surface area contributed by atoms with Gasteiger partial charge in [0.05, 0.1) is 5.69 Å². The molecule has 0 spiro atoms. The maximum Gasteiger partial charge on any atom is 0.229 e. The summed E-state index contributed by atoms with van der Waals surface area (Å²) in [7, 11) is 0. The third kappa shape index (κ3) is 2.52. The minimum atomic E-state index is -1.02. The number of ether oxygens (including phenoxy) is 1. The lowest BCUT2D eigenvalue weighted by molar-refractivity contribution is -0.561. The molecule has 0 bridgehead atoms. The maximum absolute atomic E-state index is 11.0. The molecule has 1 aliphatic rings. The number of carbonyl (C=O) groups excluding carboxylic acids is 1. The highest BCUT2D eigenvalue weighted by molar-refractivity contribution is 5.72. The number of benzene rings is 1. The number of anilines is 1. The smallest absolute Gasteiger partial charge is 0.229 e. The lowest BCUT2D eigenvalue weighted by Crippen LogP contribution is -2.41. The van der Waals surface area contributed by atoms with E-state index >= 15 is 0 Å². The Bertz CT molecular complexity index is 501. The Kier molecular flexibility index (Phi) is 3.42. The van der Waals surface area contributed by atoms with Crippen molar-refractivity contribution in [2.24, 2.45) is 0 Å². The van der Waals surface area contributed by atoms with Crippen molar-refractivity contribution in [1.29, 1.82) is 0 Å². The highest BCUT2D eigenvalue weighted by Gasteiger charge is 2.35. The monoisotopic (exact) mass is 264 g/mol. The number of hydrogen-bond acceptors (Lipinski definition) is 5. The fraction of sp³-hybridized carbons (Fsp3) is 0.462. The van der Waals surface area contributed by atoms with Crippen molar-refractivity contribution in [3.63, 3.8) is 0 Å². The first-order valence-electron chi connectivity index (χ1n) is 6.08. The summed E-state index contributed by atoms with van der Waals surface area (Å²) in [6.07, 6.45) is 0.348. The van der Waals surface area contributed by atoms with E-state index in [1.54, 1.807) is 24.8 Å². The number of nitro groups is 1. The molecule has 1 aromatic carbocycles. The molecule has 0 amide bonds. The van der Waals surface area contributed by atoms with Crippen molar-refractivity contribution >= 4 is 12.0 Å². The van der Waals surface area contributed by atoms with Crippen LogP contribution in [-0.4, -0.2) is 29.5 Å². The van der Waals surface area contributed by atoms with Crippen LogP contribution < -0.4 is 9.64 Å². The molecule has 19 heavy (non-hydrogen) atoms. The Hall–Kier alpha value is -2.11. The van der Waals surface area contributed by atoms with Gasteiger partial charge in [0.2, 0.25) is 11.8 Å². The van der Waals surface area contributed by atoms with Gasteiger partial charge in [0.1, 0.15) is 5.75 Å². The number of aldehydes is 1. The van der Waals surface area contributed by atoms with Gasteiger partial charge < -0.3 is 9.64 Å². The molecule has 102 valence electrons. The van der Waals surface area contributed by atoms with Crippen molar-refractivity contribution in [2.75, 3.05) is 11.4 Å². The van der Waals surface area contributed by atoms with Gasteiger partial charge in [0.15, 0.2) is 6.29 Å². The Labute approximate surface area is 111 Å². The van der Waals surface area contributed by atoms with Crippen molar-refractivity contribution in [1.82, 2.24) is 0 Å². The van der Waals surface area contributed by atoms with E-state index < -0.39 is 11.8 Å². The van der Waals surface area contributed by atoms with Gasteiger partial charge in [-0.2, -0.15) is 0 Å². The standard InChI is InChI=1S/C13H16N2O4/c1-13(2,15(17)18)7-8-14-10-5-3-4-6-11(10)19-12(14)9-16/h3-6,9,12H,7-8H2,1-2H3. The summed E-state index contributed by atoms with van der Waals surface area (Å²) in [4.78, 5) is 23.4. The Balaban J connectivity index is 2.15. The molecule has 1 atom stereocenters. The van der Waals surface area contributed by atoms with Gasteiger partial charge >= 0.3 is 0 Å². The molecule has 1 heterocycles. The minimum absolute atomic E-state index is 0.300. The zero-order valence-electron chi connectivity index (χ0n) is 10.9. The largest absolute Gasteiger partial charge is 0.461 e. The minimum Gasteiger partial charge on any atom is -0.461 e. The molecule has 0 saturated carbocycles. The van der Waals surface area contributed by atoms with Gasteiger partial charge in [-0.15, -0.1) is 0 Å². The molecular formula is C13H16N2O4. The number of carbonyl (C=O) groups is 1. The molecule has 0 fully saturated rings. The zero-order chi connectivity index (χ0) is 14.0. The van der Waals surface area contributed by atoms with Crippen LogP contribution in [0.5, 0.6) is 5.75 Å². The Morgan fingerprint density at radius 1 is 1.47 bits per heavy atom. The number of nitrogens with zero attached hydrogens (tertiary/aromatic N) is 2. The predicted octanol–water partition coefficient (Wildman–Crippen LogP) is 1.86. The highest BCUT2D eigenvalue weighted by Crippen LogP contribution is 2.36. The summed E-state index contributed by atoms with van der Waals surface area (Å²) < 4.78 is 5.48. The quantitative estimate of drug-likeness (QED) is 0.461. The topological polar surface area (TPSA) is 72.7 Å². The second-order valence-corrected chi connectivity index (χ2v) is 5.13. The van der Waals surface area contributed by atoms with Crippen LogP contribution in [0, 0.1) is 10.1 Å². The van der Waals surface area contributed by atoms with Crippen LogP contribution in [0.2, 0.25) is 0 Å². The normalized spacial score (nSPS) is 17.8. The molecular weight excluding hydrogens is 248 g/mol. The zero-order valence-corrected chi connectivity index (χ0v) is 10.9. The van der Waals surface area contributed by atoms with Crippen molar-refractivity contribution in [3.8, 4) is 5.75 Å². The number of fused-ring (bicyclic) bond motifs is 1. The lowest BCUT2D eigenvalue weighted by Gasteiger charge is -2.24. The van der Waals surface area contributed by atoms with Crippen LogP contribution in [0.1, 0.15) is 20.3 Å². The van der Waals surface area contributed by atoms with E-state index in [1.165, 1.54) is 0 Å². The predicted molar refractivity (Wildman–Crippen MR) is 70.0 cm³/mol. The van der Waals surface area contributed by atoms with Gasteiger partial charge in [-0.25, -0.2) is 0 Å². The van der Waals surface area contributed by atoms with Crippen LogP contribution in [0.3, 0.4) is 0 Å². The van der Waals surface area contributed by atoms with Crippen LogP contribution in [-0.2, 0) is 4.79 Å². The molecule has 6 nitrogen and oxygen atoms in total. The molecule has 0 aliphatic carbocycles. The molecule has 0 saturated heterocycles. The highest BCUT2D eigenvalue weighted by atomic mass is 16.6. The first kappa shape index (κ1) is 13.3. The van der Waals surface area contributed by atoms with E-state index in [9.17, 15) is 14.9 Å². The van der Waals surface area contributed by atoms with Crippen molar-refractivity contribution in [2.45, 2.75) is 32.0 Å². The van der Waals surface area contributed by atoms with Crippen LogP contribution in [0.25, 0.3) is 0 Å². The second kappa shape index (κ2) is 4.87. The first-order chi connectivity index (χ1) is 8.95. The summed E-state index contributed by atoms with van der Waals surface area (Å²) in [5.74, 6) is 0.638. The number of rotatable bonds is 5. The fourth-order valence-electron chi connectivity index (χ4n) is 1.96. The lowest BCUT2D eigenvalue weighted by atomic mass is 10.0. The fourth-order valence-corrected chi connectivity index (χ4v) is 1.96.